The third-order valence-corrected chi connectivity index (χ3v) is 2.77. The Kier molecular flexibility index (Phi) is 2.34. The zero-order valence-corrected chi connectivity index (χ0v) is 9.24. The van der Waals surface area contributed by atoms with Crippen LogP contribution in [0, 0.1) is 0 Å². The van der Waals surface area contributed by atoms with E-state index in [1.54, 1.807) is 6.07 Å². The van der Waals surface area contributed by atoms with E-state index in [4.69, 9.17) is 14.4 Å². The van der Waals surface area contributed by atoms with Gasteiger partial charge in [0.15, 0.2) is 0 Å². The van der Waals surface area contributed by atoms with Crippen LogP contribution < -0.4 is 4.90 Å². The summed E-state index contributed by atoms with van der Waals surface area (Å²) in [5.41, 5.74) is 0.449. The number of fused-ring (bicyclic) bond motifs is 1. The highest BCUT2D eigenvalue weighted by atomic mass is 16.6. The van der Waals surface area contributed by atoms with Gasteiger partial charge >= 0.3 is 6.09 Å². The molecular formula is C11H10N2O5. The summed E-state index contributed by atoms with van der Waals surface area (Å²) in [6, 6.07) is 4.53. The average Bonchev–Trinajstić information content (AvgIpc) is 2.91. The van der Waals surface area contributed by atoms with E-state index < -0.39 is 12.2 Å². The number of cyclic esters (lactones) is 1. The number of carbonyl (C=O) groups is 1. The molecular weight excluding hydrogens is 240 g/mol. The van der Waals surface area contributed by atoms with Gasteiger partial charge in [0.1, 0.15) is 17.4 Å². The van der Waals surface area contributed by atoms with E-state index in [0.717, 1.165) is 0 Å². The SMILES string of the molecule is O=C1O[C@H](CO)CN1c1onc2cc(O)ccc12. The lowest BCUT2D eigenvalue weighted by Gasteiger charge is -2.07. The van der Waals surface area contributed by atoms with E-state index in [1.165, 1.54) is 17.0 Å². The molecule has 1 aromatic heterocycles. The first kappa shape index (κ1) is 10.8. The minimum absolute atomic E-state index is 0.0691. The van der Waals surface area contributed by atoms with E-state index in [2.05, 4.69) is 5.16 Å². The van der Waals surface area contributed by atoms with Gasteiger partial charge in [-0.3, -0.25) is 0 Å². The maximum absolute atomic E-state index is 11.6. The number of carbonyl (C=O) groups excluding carboxylic acids is 1. The van der Waals surface area contributed by atoms with E-state index in [9.17, 15) is 9.90 Å². The second-order valence-electron chi connectivity index (χ2n) is 3.99. The van der Waals surface area contributed by atoms with Gasteiger partial charge in [0.2, 0.25) is 5.88 Å². The maximum Gasteiger partial charge on any atom is 0.417 e. The molecule has 1 amide bonds. The number of ether oxygens (including phenoxy) is 1. The molecule has 2 heterocycles. The maximum atomic E-state index is 11.6. The van der Waals surface area contributed by atoms with E-state index in [-0.39, 0.29) is 24.8 Å². The van der Waals surface area contributed by atoms with Crippen LogP contribution in [0.3, 0.4) is 0 Å². The van der Waals surface area contributed by atoms with Gasteiger partial charge in [-0.05, 0) is 12.1 Å². The van der Waals surface area contributed by atoms with Crippen LogP contribution in [-0.2, 0) is 4.74 Å². The van der Waals surface area contributed by atoms with Gasteiger partial charge in [0, 0.05) is 6.07 Å². The largest absolute Gasteiger partial charge is 0.508 e. The minimum Gasteiger partial charge on any atom is -0.508 e. The van der Waals surface area contributed by atoms with Gasteiger partial charge in [-0.15, -0.1) is 0 Å². The Morgan fingerprint density at radius 2 is 2.33 bits per heavy atom. The number of aliphatic hydroxyl groups excluding tert-OH is 1. The lowest BCUT2D eigenvalue weighted by Crippen LogP contribution is -2.25. The Hall–Kier alpha value is -2.28. The van der Waals surface area contributed by atoms with Crippen LogP contribution in [0.5, 0.6) is 5.75 Å². The Balaban J connectivity index is 2.02. The van der Waals surface area contributed by atoms with Crippen molar-refractivity contribution >= 4 is 22.9 Å². The number of hydrogen-bond acceptors (Lipinski definition) is 6. The molecule has 18 heavy (non-hydrogen) atoms. The number of aromatic hydroxyl groups is 1. The standard InChI is InChI=1S/C11H10N2O5/c14-5-7-4-13(11(16)17-7)10-8-2-1-6(15)3-9(8)12-18-10/h1-3,7,14-15H,4-5H2/t7-/m0/s1. The summed E-state index contributed by atoms with van der Waals surface area (Å²) >= 11 is 0. The highest BCUT2D eigenvalue weighted by Crippen LogP contribution is 2.31. The molecule has 7 heteroatoms. The molecule has 0 unspecified atom stereocenters. The predicted molar refractivity (Wildman–Crippen MR) is 60.4 cm³/mol. The number of nitrogens with zero attached hydrogens (tertiary/aromatic N) is 2. The van der Waals surface area contributed by atoms with Gasteiger partial charge in [0.25, 0.3) is 0 Å². The number of benzene rings is 1. The monoisotopic (exact) mass is 250 g/mol. The highest BCUT2D eigenvalue weighted by molar-refractivity contribution is 5.99. The number of aromatic nitrogens is 1. The first-order valence-electron chi connectivity index (χ1n) is 5.36. The van der Waals surface area contributed by atoms with Crippen molar-refractivity contribution < 1.29 is 24.3 Å². The van der Waals surface area contributed by atoms with Crippen molar-refractivity contribution in [1.82, 2.24) is 5.16 Å². The lowest BCUT2D eigenvalue weighted by atomic mass is 10.2. The number of hydrogen-bond donors (Lipinski definition) is 2. The molecule has 1 aromatic carbocycles. The summed E-state index contributed by atoms with van der Waals surface area (Å²) < 4.78 is 10.0. The second-order valence-corrected chi connectivity index (χ2v) is 3.99. The van der Waals surface area contributed by atoms with Crippen molar-refractivity contribution in [2.45, 2.75) is 6.10 Å². The molecule has 94 valence electrons. The molecule has 0 bridgehead atoms. The van der Waals surface area contributed by atoms with Gasteiger partial charge in [0.05, 0.1) is 18.5 Å². The first-order chi connectivity index (χ1) is 8.69. The Morgan fingerprint density at radius 1 is 1.50 bits per heavy atom. The van der Waals surface area contributed by atoms with Crippen LogP contribution in [0.25, 0.3) is 10.9 Å². The molecule has 0 saturated carbocycles. The van der Waals surface area contributed by atoms with E-state index >= 15 is 0 Å². The summed E-state index contributed by atoms with van der Waals surface area (Å²) in [5, 5.41) is 22.6. The molecule has 1 saturated heterocycles. The summed E-state index contributed by atoms with van der Waals surface area (Å²) in [4.78, 5) is 12.9. The fourth-order valence-electron chi connectivity index (χ4n) is 1.90. The molecule has 0 radical (unpaired) electrons. The third-order valence-electron chi connectivity index (χ3n) is 2.77. The second kappa shape index (κ2) is 3.88. The van der Waals surface area contributed by atoms with Crippen LogP contribution in [0.1, 0.15) is 0 Å². The lowest BCUT2D eigenvalue weighted by molar-refractivity contribution is 0.0963. The van der Waals surface area contributed by atoms with E-state index in [0.29, 0.717) is 10.9 Å². The van der Waals surface area contributed by atoms with Crippen molar-refractivity contribution in [3.8, 4) is 5.75 Å². The first-order valence-corrected chi connectivity index (χ1v) is 5.36. The smallest absolute Gasteiger partial charge is 0.417 e. The summed E-state index contributed by atoms with van der Waals surface area (Å²) in [6.07, 6.45) is -1.14. The zero-order valence-electron chi connectivity index (χ0n) is 9.24. The van der Waals surface area contributed by atoms with Crippen molar-refractivity contribution in [3.05, 3.63) is 18.2 Å². The van der Waals surface area contributed by atoms with Gasteiger partial charge in [-0.25, -0.2) is 9.69 Å². The topological polar surface area (TPSA) is 96.0 Å². The van der Waals surface area contributed by atoms with Crippen molar-refractivity contribution in [2.24, 2.45) is 0 Å². The number of aliphatic hydroxyl groups is 1. The predicted octanol–water partition coefficient (Wildman–Crippen LogP) is 0.851. The molecule has 1 aliphatic heterocycles. The molecule has 1 aliphatic rings. The molecule has 0 aliphatic carbocycles. The Bertz CT molecular complexity index is 608. The minimum atomic E-state index is -0.583. The summed E-state index contributed by atoms with van der Waals surface area (Å²) in [5.74, 6) is 0.325. The van der Waals surface area contributed by atoms with Crippen LogP contribution >= 0.6 is 0 Å². The van der Waals surface area contributed by atoms with Crippen molar-refractivity contribution in [1.29, 1.82) is 0 Å². The van der Waals surface area contributed by atoms with E-state index in [1.807, 2.05) is 0 Å². The quantitative estimate of drug-likeness (QED) is 0.820. The number of amides is 1. The molecule has 7 nitrogen and oxygen atoms in total. The molecule has 1 fully saturated rings. The normalized spacial score (nSPS) is 19.5. The fraction of sp³-hybridized carbons (Fsp3) is 0.273. The van der Waals surface area contributed by atoms with Gasteiger partial charge in [-0.2, -0.15) is 0 Å². The number of phenolic OH excluding ortho intramolecular Hbond substituents is 1. The third kappa shape index (κ3) is 1.56. The van der Waals surface area contributed by atoms with Crippen LogP contribution in [0.15, 0.2) is 22.7 Å². The number of anilines is 1. The van der Waals surface area contributed by atoms with Gasteiger partial charge in [-0.1, -0.05) is 5.16 Å². The van der Waals surface area contributed by atoms with Crippen molar-refractivity contribution in [3.63, 3.8) is 0 Å². The summed E-state index contributed by atoms with van der Waals surface area (Å²) in [7, 11) is 0. The Labute approximate surface area is 101 Å². The highest BCUT2D eigenvalue weighted by Gasteiger charge is 2.35. The molecule has 2 aromatic rings. The Morgan fingerprint density at radius 3 is 3.06 bits per heavy atom. The van der Waals surface area contributed by atoms with Crippen LogP contribution in [0.2, 0.25) is 0 Å². The fourth-order valence-corrected chi connectivity index (χ4v) is 1.90. The van der Waals surface area contributed by atoms with Gasteiger partial charge < -0.3 is 19.5 Å². The van der Waals surface area contributed by atoms with Crippen LogP contribution in [0.4, 0.5) is 10.7 Å². The summed E-state index contributed by atoms with van der Waals surface area (Å²) in [6.45, 7) is -0.0321. The average molecular weight is 250 g/mol. The molecule has 2 N–H and O–H groups in total. The van der Waals surface area contributed by atoms with Crippen LogP contribution in [-0.4, -0.2) is 40.7 Å². The zero-order chi connectivity index (χ0) is 12.7. The molecule has 0 spiro atoms. The number of rotatable bonds is 2. The molecule has 3 rings (SSSR count). The van der Waals surface area contributed by atoms with Crippen molar-refractivity contribution in [2.75, 3.05) is 18.1 Å². The number of phenols is 1. The molecule has 1 atom stereocenters.